The van der Waals surface area contributed by atoms with E-state index >= 15 is 0 Å². The fourth-order valence-corrected chi connectivity index (χ4v) is 15.2. The van der Waals surface area contributed by atoms with E-state index in [0.29, 0.717) is 114 Å². The van der Waals surface area contributed by atoms with Crippen LogP contribution in [0.5, 0.6) is 0 Å². The van der Waals surface area contributed by atoms with Gasteiger partial charge in [-0.15, -0.1) is 9.24 Å². The van der Waals surface area contributed by atoms with Crippen molar-refractivity contribution in [2.75, 3.05) is 70.1 Å². The topological polar surface area (TPSA) is 301 Å². The van der Waals surface area contributed by atoms with Gasteiger partial charge >= 0.3 is 24.7 Å². The van der Waals surface area contributed by atoms with Crippen molar-refractivity contribution in [2.24, 2.45) is 0 Å². The number of rotatable bonds is 17. The lowest BCUT2D eigenvalue weighted by Gasteiger charge is -2.31. The quantitative estimate of drug-likeness (QED) is 0.0321. The molecular weight excluding hydrogens is 1760 g/mol. The molecule has 1 atom stereocenters. The first kappa shape index (κ1) is 91.4. The Morgan fingerprint density at radius 1 is 0.413 bits per heavy atom. The third kappa shape index (κ3) is 24.4. The summed E-state index contributed by atoms with van der Waals surface area (Å²) in [4.78, 5) is 65.6. The average Bonchev–Trinajstić information content (AvgIpc) is 0.786. The molecule has 3 aromatic carbocycles. The summed E-state index contributed by atoms with van der Waals surface area (Å²) in [6.45, 7) is 11.7. The Morgan fingerprint density at radius 2 is 0.786 bits per heavy atom. The number of alkyl halides is 12. The van der Waals surface area contributed by atoms with Gasteiger partial charge in [-0.2, -0.15) is 63.2 Å². The highest BCUT2D eigenvalue weighted by Crippen LogP contribution is 2.37. The van der Waals surface area contributed by atoms with Gasteiger partial charge in [0.25, 0.3) is 0 Å². The average molecular weight is 1840 g/mol. The Balaban J connectivity index is 0.000000138. The maximum atomic E-state index is 12.7. The standard InChI is InChI=1S/C22H19F3N6.C21H16BrF3N6.C21H20F3N5.C14H14F3N5.C8H11ClN3P/c1-14-2-4-19(16(8-14)9-26)31-7-6-18-17(12-31)21(30-13-29-18)28-11-15-3-5-20(27-10-15)22(23,24)25;22-15-2-3-18(14(7-15)8-26)31-6-5-17-16(11-31)20(30-12-29-17)28-10-13-1-4-19(27-9-13)21(23,24)25;22-21(23,24)19-7-6-16(10-25-19)11-26-20-17-13-29(9-8-18(17)27-14-28-20)12-15-4-2-1-3-5-15;15-14(16,17)12-2-1-9(5-19-12)6-20-13-10-7-18-4-3-11(10)21-8-22-13;9-8-6-3-12(5-13)2-1-7(6)10-4-11-8/h2-5,8,10,13H,6-7,11-12H2,1H3,(H,28,29,30);1-4,7,9,12H,5-6,10-11H2,(H,28,29,30);1-7,10,14H,8-9,11-13H2,(H,26,27,28);1-2,5,8,18H,3-4,6-7H2,(H,20,21,22);4H,1-3,5,13H2. The summed E-state index contributed by atoms with van der Waals surface area (Å²) in [7, 11) is 2.72. The number of nitrogens with one attached hydrogen (secondary N) is 5. The summed E-state index contributed by atoms with van der Waals surface area (Å²) in [5.41, 5.74) is 14.0. The molecule has 5 aliphatic heterocycles. The van der Waals surface area contributed by atoms with Gasteiger partial charge in [-0.1, -0.05) is 88.2 Å². The molecule has 0 radical (unpaired) electrons. The van der Waals surface area contributed by atoms with Gasteiger partial charge < -0.3 is 36.4 Å². The van der Waals surface area contributed by atoms with Gasteiger partial charge in [0, 0.05) is 194 Å². The van der Waals surface area contributed by atoms with E-state index in [0.717, 1.165) is 173 Å². The fourth-order valence-electron chi connectivity index (χ4n) is 14.3. The van der Waals surface area contributed by atoms with Crippen LogP contribution < -0.4 is 36.4 Å². The van der Waals surface area contributed by atoms with Crippen molar-refractivity contribution in [2.45, 2.75) is 129 Å². The highest BCUT2D eigenvalue weighted by molar-refractivity contribution is 9.10. The number of hydrogen-bond acceptors (Lipinski definition) is 25. The predicted molar refractivity (Wildman–Crippen MR) is 454 cm³/mol. The molecule has 0 bridgehead atoms. The molecule has 0 saturated carbocycles. The monoisotopic (exact) mass is 1840 g/mol. The first-order chi connectivity index (χ1) is 60.5. The van der Waals surface area contributed by atoms with E-state index < -0.39 is 47.5 Å². The Morgan fingerprint density at radius 3 is 1.20 bits per heavy atom. The highest BCUT2D eigenvalue weighted by Gasteiger charge is 2.36. The third-order valence-corrected chi connectivity index (χ3v) is 22.2. The maximum Gasteiger partial charge on any atom is 0.433 e. The van der Waals surface area contributed by atoms with Crippen molar-refractivity contribution >= 4 is 71.4 Å². The Hall–Kier alpha value is -12.3. The molecule has 0 amide bonds. The lowest BCUT2D eigenvalue weighted by molar-refractivity contribution is -0.142. The van der Waals surface area contributed by atoms with Gasteiger partial charge in [0.2, 0.25) is 0 Å². The van der Waals surface area contributed by atoms with Gasteiger partial charge in [0.05, 0.1) is 51.0 Å². The number of anilines is 6. The van der Waals surface area contributed by atoms with Crippen LogP contribution in [0.4, 0.5) is 87.3 Å². The molecule has 652 valence electrons. The zero-order valence-corrected chi connectivity index (χ0v) is 70.8. The Bertz CT molecular complexity index is 5620. The molecular formula is C86H80BrClF12N25P. The summed E-state index contributed by atoms with van der Waals surface area (Å²) in [5.74, 6) is 2.66. The van der Waals surface area contributed by atoms with Gasteiger partial charge in [-0.05, 0) is 94.9 Å². The Kier molecular flexibility index (Phi) is 30.2. The second-order valence-electron chi connectivity index (χ2n) is 29.4. The van der Waals surface area contributed by atoms with Crippen LogP contribution in [-0.4, -0.2) is 119 Å². The van der Waals surface area contributed by atoms with E-state index in [1.54, 1.807) is 6.07 Å². The zero-order chi connectivity index (χ0) is 89.1. The minimum Gasteiger partial charge on any atom is -0.366 e. The van der Waals surface area contributed by atoms with Crippen molar-refractivity contribution in [3.05, 3.63) is 305 Å². The number of nitrogens with zero attached hydrogens (tertiary/aromatic N) is 20. The lowest BCUT2D eigenvalue weighted by atomic mass is 10.0. The molecule has 25 nitrogen and oxygen atoms in total. The molecule has 126 heavy (non-hydrogen) atoms. The van der Waals surface area contributed by atoms with E-state index in [4.69, 9.17) is 11.6 Å². The van der Waals surface area contributed by atoms with Crippen molar-refractivity contribution in [3.63, 3.8) is 0 Å². The van der Waals surface area contributed by atoms with Crippen LogP contribution in [0.3, 0.4) is 0 Å². The smallest absolute Gasteiger partial charge is 0.366 e. The Labute approximate surface area is 731 Å². The molecule has 17 rings (SSSR count). The first-order valence-electron chi connectivity index (χ1n) is 39.5. The van der Waals surface area contributed by atoms with E-state index in [1.807, 2.05) is 55.5 Å². The van der Waals surface area contributed by atoms with Gasteiger partial charge in [-0.25, -0.2) is 49.8 Å². The second-order valence-corrected chi connectivity index (χ2v) is 31.0. The number of aromatic nitrogens is 14. The molecule has 0 aliphatic carbocycles. The van der Waals surface area contributed by atoms with Gasteiger partial charge in [0.1, 0.15) is 95.0 Å². The first-order valence-corrected chi connectivity index (χ1v) is 41.5. The predicted octanol–water partition coefficient (Wildman–Crippen LogP) is 16.5. The van der Waals surface area contributed by atoms with Crippen LogP contribution >= 0.6 is 36.8 Å². The summed E-state index contributed by atoms with van der Waals surface area (Å²) >= 11 is 9.37. The van der Waals surface area contributed by atoms with Crippen molar-refractivity contribution in [1.29, 1.82) is 10.5 Å². The maximum absolute atomic E-state index is 12.7. The fraction of sp³-hybridized carbons (Fsp3) is 0.302. The van der Waals surface area contributed by atoms with Gasteiger partial charge in [-0.3, -0.25) is 29.7 Å². The van der Waals surface area contributed by atoms with E-state index in [9.17, 15) is 63.2 Å². The SMILES string of the molecule is Cc1ccc(N2CCc3ncnc(NCc4ccc(C(F)(F)F)nc4)c3C2)c(C#N)c1.FC(F)(F)c1ccc(CNc2ncnc3c2CN(Cc2ccccc2)CC3)cn1.FC(F)(F)c1ccc(CNc2ncnc3c2CNCC3)cn1.N#Cc1cc(Br)ccc1N1CCc2ncnc(NCc3ccc(C(F)(F)F)nc3)c2C1.PCN1CCc2ncnc(Cl)c2C1. The number of benzene rings is 3. The molecule has 9 aromatic heterocycles. The highest BCUT2D eigenvalue weighted by atomic mass is 79.9. The van der Waals surface area contributed by atoms with Crippen LogP contribution in [0.1, 0.15) is 124 Å². The van der Waals surface area contributed by atoms with Crippen molar-refractivity contribution in [1.82, 2.24) is 84.9 Å². The molecule has 5 N–H and O–H groups in total. The normalized spacial score (nSPS) is 14.2. The number of halogens is 14. The number of hydrogen-bond donors (Lipinski definition) is 5. The molecule has 1 unspecified atom stereocenters. The minimum atomic E-state index is -4.46. The molecule has 0 saturated heterocycles. The van der Waals surface area contributed by atoms with Crippen LogP contribution in [0, 0.1) is 29.6 Å². The van der Waals surface area contributed by atoms with E-state index in [-0.39, 0.29) is 13.1 Å². The van der Waals surface area contributed by atoms with Crippen LogP contribution in [0.25, 0.3) is 0 Å². The molecule has 12 aromatic rings. The number of pyridine rings is 4. The third-order valence-electron chi connectivity index (χ3n) is 20.8. The second kappa shape index (κ2) is 41.7. The van der Waals surface area contributed by atoms with Crippen LogP contribution in [0.2, 0.25) is 5.15 Å². The molecule has 5 aliphatic rings. The summed E-state index contributed by atoms with van der Waals surface area (Å²) in [5, 5.41) is 35.6. The van der Waals surface area contributed by atoms with Crippen molar-refractivity contribution < 1.29 is 52.7 Å². The summed E-state index contributed by atoms with van der Waals surface area (Å²) in [6, 6.07) is 35.7. The molecule has 0 fully saturated rings. The zero-order valence-electron chi connectivity index (χ0n) is 67.3. The van der Waals surface area contributed by atoms with Crippen LogP contribution in [0.15, 0.2) is 176 Å². The van der Waals surface area contributed by atoms with E-state index in [1.165, 1.54) is 86.3 Å². The molecule has 40 heteroatoms. The van der Waals surface area contributed by atoms with Gasteiger partial charge in [0.15, 0.2) is 0 Å². The van der Waals surface area contributed by atoms with Crippen LogP contribution in [-0.2, 0) is 122 Å². The van der Waals surface area contributed by atoms with Crippen molar-refractivity contribution in [3.8, 4) is 12.1 Å². The lowest BCUT2D eigenvalue weighted by Crippen LogP contribution is -2.32. The molecule has 14 heterocycles. The summed E-state index contributed by atoms with van der Waals surface area (Å²) in [6.07, 6.45) is -0.344. The minimum absolute atomic E-state index is 0.274. The molecule has 0 spiro atoms. The summed E-state index contributed by atoms with van der Waals surface area (Å²) < 4.78 is 152. The van der Waals surface area contributed by atoms with E-state index in [2.05, 4.69) is 165 Å². The largest absolute Gasteiger partial charge is 0.433 e. The number of aryl methyl sites for hydroxylation is 1. The number of fused-ring (bicyclic) bond motifs is 5. The number of nitriles is 2.